The molecule has 4 heterocycles. The van der Waals surface area contributed by atoms with E-state index < -0.39 is 18.1 Å². The predicted molar refractivity (Wildman–Crippen MR) is 216 cm³/mol. The minimum atomic E-state index is -0.469. The van der Waals surface area contributed by atoms with Crippen LogP contribution in [0.1, 0.15) is 6.85 Å². The van der Waals surface area contributed by atoms with Crippen LogP contribution in [0.3, 0.4) is 0 Å². The molecule has 0 atom stereocenters. The second-order valence-electron chi connectivity index (χ2n) is 12.4. The number of hydrogen-bond donors (Lipinski definition) is 0. The molecule has 6 heteroatoms. The highest BCUT2D eigenvalue weighted by Gasteiger charge is 2.19. The first kappa shape index (κ1) is 24.0. The van der Waals surface area contributed by atoms with Gasteiger partial charge in [0, 0.05) is 63.1 Å². The highest BCUT2D eigenvalue weighted by molar-refractivity contribution is 7.26. The van der Waals surface area contributed by atoms with Crippen molar-refractivity contribution >= 4 is 84.8 Å². The lowest BCUT2D eigenvalue weighted by atomic mass is 10.1. The molecule has 0 unspecified atom stereocenters. The van der Waals surface area contributed by atoms with Crippen LogP contribution in [-0.4, -0.2) is 19.5 Å². The normalized spacial score (nSPS) is 13.3. The van der Waals surface area contributed by atoms with Gasteiger partial charge >= 0.3 is 0 Å². The Morgan fingerprint density at radius 1 is 0.451 bits per heavy atom. The summed E-state index contributed by atoms with van der Waals surface area (Å²) in [5, 5.41) is 6.75. The van der Waals surface area contributed by atoms with Crippen LogP contribution in [0.15, 0.2) is 158 Å². The van der Waals surface area contributed by atoms with Crippen molar-refractivity contribution in [1.82, 2.24) is 19.5 Å². The monoisotopic (exact) mass is 691 g/mol. The van der Waals surface area contributed by atoms with E-state index in [1.165, 1.54) is 10.8 Å². The Morgan fingerprint density at radius 3 is 1.82 bits per heavy atom. The number of rotatable bonds is 4. The van der Waals surface area contributed by atoms with Gasteiger partial charge in [0.25, 0.3) is 0 Å². The summed E-state index contributed by atoms with van der Waals surface area (Å²) in [6.45, 7) is 0. The van der Waals surface area contributed by atoms with Crippen LogP contribution in [-0.2, 0) is 0 Å². The standard InChI is InChI=1S/C45H26N4S2/c1-2-12-27(13-3-1)43-46-44(48-45(47-43)34-19-10-17-32-31-16-6-9-23-39(31)50-41(32)34)28-24-25-40-35(26-28)33-18-11-22-38(42(33)51-40)49-36-20-7-4-14-29(36)30-15-5-8-21-37(30)49/h1-26H/i1D,2D,3D,12D,13D. The van der Waals surface area contributed by atoms with E-state index in [1.54, 1.807) is 22.7 Å². The SMILES string of the molecule is [2H]c1c([2H])c([2H])c(-c2nc(-c3ccc4sc5c(-n6c7ccccc7c7ccccc76)cccc5c4c3)nc(-c3cccc4c3sc3ccccc34)n2)c([2H])c1[2H]. The van der Waals surface area contributed by atoms with E-state index in [0.29, 0.717) is 11.6 Å². The molecule has 0 saturated heterocycles. The number of thiophene rings is 2. The van der Waals surface area contributed by atoms with Gasteiger partial charge in [-0.2, -0.15) is 0 Å². The quantitative estimate of drug-likeness (QED) is 0.184. The third-order valence-electron chi connectivity index (χ3n) is 9.56. The first-order chi connectivity index (χ1) is 27.4. The molecular weight excluding hydrogens is 661 g/mol. The molecule has 0 aliphatic rings. The maximum atomic E-state index is 8.81. The highest BCUT2D eigenvalue weighted by Crippen LogP contribution is 2.43. The Balaban J connectivity index is 1.15. The van der Waals surface area contributed by atoms with Gasteiger partial charge in [0.15, 0.2) is 17.5 Å². The van der Waals surface area contributed by atoms with Crippen LogP contribution in [0.5, 0.6) is 0 Å². The molecule has 0 saturated carbocycles. The molecule has 11 aromatic rings. The van der Waals surface area contributed by atoms with Gasteiger partial charge < -0.3 is 4.57 Å². The zero-order chi connectivity index (χ0) is 37.8. The van der Waals surface area contributed by atoms with Crippen molar-refractivity contribution in [3.05, 3.63) is 158 Å². The van der Waals surface area contributed by atoms with Crippen molar-refractivity contribution in [3.63, 3.8) is 0 Å². The number of nitrogens with zero attached hydrogens (tertiary/aromatic N) is 4. The fourth-order valence-electron chi connectivity index (χ4n) is 7.30. The number of fused-ring (bicyclic) bond motifs is 9. The Bertz CT molecular complexity index is 3380. The van der Waals surface area contributed by atoms with E-state index in [-0.39, 0.29) is 23.5 Å². The summed E-state index contributed by atoms with van der Waals surface area (Å²) >= 11 is 3.38. The van der Waals surface area contributed by atoms with E-state index in [2.05, 4.69) is 102 Å². The molecule has 4 nitrogen and oxygen atoms in total. The maximum absolute atomic E-state index is 8.81. The summed E-state index contributed by atoms with van der Waals surface area (Å²) < 4.78 is 49.4. The molecule has 0 aliphatic heterocycles. The van der Waals surface area contributed by atoms with Crippen LogP contribution in [0.2, 0.25) is 0 Å². The molecule has 238 valence electrons. The van der Waals surface area contributed by atoms with Crippen molar-refractivity contribution in [2.45, 2.75) is 0 Å². The first-order valence-electron chi connectivity index (χ1n) is 19.0. The lowest BCUT2D eigenvalue weighted by molar-refractivity contribution is 1.08. The average molecular weight is 692 g/mol. The number of benzene rings is 7. The van der Waals surface area contributed by atoms with E-state index in [1.807, 2.05) is 30.3 Å². The largest absolute Gasteiger partial charge is 0.308 e. The Labute approximate surface area is 307 Å². The van der Waals surface area contributed by atoms with Crippen LogP contribution < -0.4 is 0 Å². The van der Waals surface area contributed by atoms with Crippen molar-refractivity contribution in [2.75, 3.05) is 0 Å². The number of aromatic nitrogens is 4. The van der Waals surface area contributed by atoms with Gasteiger partial charge in [-0.25, -0.2) is 15.0 Å². The second kappa shape index (κ2) is 11.2. The second-order valence-corrected chi connectivity index (χ2v) is 14.5. The number of hydrogen-bond acceptors (Lipinski definition) is 5. The molecule has 0 radical (unpaired) electrons. The molecule has 51 heavy (non-hydrogen) atoms. The molecule has 7 aromatic carbocycles. The molecule has 0 aliphatic carbocycles. The van der Waals surface area contributed by atoms with Gasteiger partial charge in [0.05, 0.1) is 28.3 Å². The zero-order valence-electron chi connectivity index (χ0n) is 31.7. The van der Waals surface area contributed by atoms with E-state index >= 15 is 0 Å². The lowest BCUT2D eigenvalue weighted by Crippen LogP contribution is -2.00. The van der Waals surface area contributed by atoms with Gasteiger partial charge in [-0.1, -0.05) is 109 Å². The van der Waals surface area contributed by atoms with Gasteiger partial charge in [-0.3, -0.25) is 0 Å². The summed E-state index contributed by atoms with van der Waals surface area (Å²) in [7, 11) is 0. The van der Waals surface area contributed by atoms with Crippen molar-refractivity contribution in [3.8, 4) is 39.9 Å². The van der Waals surface area contributed by atoms with Crippen LogP contribution in [0.25, 0.3) is 102 Å². The van der Waals surface area contributed by atoms with Gasteiger partial charge in [0.2, 0.25) is 0 Å². The van der Waals surface area contributed by atoms with E-state index in [0.717, 1.165) is 68.2 Å². The van der Waals surface area contributed by atoms with Crippen LogP contribution in [0, 0.1) is 0 Å². The molecule has 0 amide bonds. The minimum absolute atomic E-state index is 0.0176. The summed E-state index contributed by atoms with van der Waals surface area (Å²) in [6, 6.07) is 41.8. The highest BCUT2D eigenvalue weighted by atomic mass is 32.1. The van der Waals surface area contributed by atoms with Crippen LogP contribution >= 0.6 is 22.7 Å². The molecule has 0 fully saturated rings. The Hall–Kier alpha value is -6.21. The smallest absolute Gasteiger partial charge is 0.165 e. The molecular formula is C45H26N4S2. The Kier molecular flexibility index (Phi) is 5.25. The lowest BCUT2D eigenvalue weighted by Gasteiger charge is -2.10. The first-order valence-corrected chi connectivity index (χ1v) is 18.2. The van der Waals surface area contributed by atoms with E-state index in [9.17, 15) is 0 Å². The van der Waals surface area contributed by atoms with E-state index in [4.69, 9.17) is 21.8 Å². The number of para-hydroxylation sites is 2. The van der Waals surface area contributed by atoms with Crippen molar-refractivity contribution in [2.24, 2.45) is 0 Å². The van der Waals surface area contributed by atoms with Gasteiger partial charge in [-0.15, -0.1) is 22.7 Å². The fraction of sp³-hybridized carbons (Fsp3) is 0. The third kappa shape index (κ3) is 4.40. The topological polar surface area (TPSA) is 43.6 Å². The van der Waals surface area contributed by atoms with Crippen LogP contribution in [0.4, 0.5) is 0 Å². The van der Waals surface area contributed by atoms with Crippen molar-refractivity contribution in [1.29, 1.82) is 0 Å². The average Bonchev–Trinajstić information content (AvgIpc) is 3.92. The van der Waals surface area contributed by atoms with Gasteiger partial charge in [0.1, 0.15) is 0 Å². The molecule has 0 spiro atoms. The molecule has 11 rings (SSSR count). The Morgan fingerprint density at radius 2 is 1.04 bits per heavy atom. The predicted octanol–water partition coefficient (Wildman–Crippen LogP) is 12.7. The summed E-state index contributed by atoms with van der Waals surface area (Å²) in [4.78, 5) is 14.8. The van der Waals surface area contributed by atoms with Gasteiger partial charge in [-0.05, 0) is 48.5 Å². The minimum Gasteiger partial charge on any atom is -0.308 e. The summed E-state index contributed by atoms with van der Waals surface area (Å²) in [5.74, 6) is 0.719. The van der Waals surface area contributed by atoms with Crippen molar-refractivity contribution < 1.29 is 6.85 Å². The fourth-order valence-corrected chi connectivity index (χ4v) is 9.70. The molecule has 4 aromatic heterocycles. The summed E-state index contributed by atoms with van der Waals surface area (Å²) in [6.07, 6.45) is 0. The zero-order valence-corrected chi connectivity index (χ0v) is 28.4. The summed E-state index contributed by atoms with van der Waals surface area (Å²) in [5.41, 5.74) is 4.82. The molecule has 0 bridgehead atoms. The maximum Gasteiger partial charge on any atom is 0.165 e. The third-order valence-corrected chi connectivity index (χ3v) is 12.0. The molecule has 0 N–H and O–H groups in total.